The SMILES string of the molecule is Cc1ccc(S(=O)(=O)NC(=O)N2CC(C)N(CCCN(C)C)C(C)C2)cc1. The highest BCUT2D eigenvalue weighted by atomic mass is 32.2. The number of hydrogen-bond acceptors (Lipinski definition) is 5. The number of rotatable bonds is 6. The van der Waals surface area contributed by atoms with E-state index >= 15 is 0 Å². The van der Waals surface area contributed by atoms with Crippen LogP contribution in [0.1, 0.15) is 25.8 Å². The van der Waals surface area contributed by atoms with Gasteiger partial charge in [-0.1, -0.05) is 17.7 Å². The van der Waals surface area contributed by atoms with Crippen molar-refractivity contribution in [3.8, 4) is 0 Å². The van der Waals surface area contributed by atoms with Crippen molar-refractivity contribution in [2.75, 3.05) is 40.3 Å². The highest BCUT2D eigenvalue weighted by molar-refractivity contribution is 7.90. The Kier molecular flexibility index (Phi) is 7.25. The molecule has 1 aromatic carbocycles. The van der Waals surface area contributed by atoms with Gasteiger partial charge in [0.15, 0.2) is 0 Å². The monoisotopic (exact) mass is 396 g/mol. The lowest BCUT2D eigenvalue weighted by molar-refractivity contribution is 0.0545. The molecule has 1 saturated heterocycles. The van der Waals surface area contributed by atoms with E-state index in [2.05, 4.69) is 42.5 Å². The Bertz CT molecular complexity index is 722. The molecule has 0 radical (unpaired) electrons. The molecule has 1 fully saturated rings. The van der Waals surface area contributed by atoms with Crippen molar-refractivity contribution < 1.29 is 13.2 Å². The molecule has 1 aliphatic heterocycles. The molecule has 0 aliphatic carbocycles. The number of nitrogens with one attached hydrogen (secondary N) is 1. The van der Waals surface area contributed by atoms with E-state index in [1.54, 1.807) is 17.0 Å². The van der Waals surface area contributed by atoms with Crippen LogP contribution in [-0.4, -0.2) is 81.5 Å². The molecule has 7 nitrogen and oxygen atoms in total. The van der Waals surface area contributed by atoms with E-state index in [0.717, 1.165) is 25.1 Å². The van der Waals surface area contributed by atoms with Gasteiger partial charge in [-0.15, -0.1) is 0 Å². The summed E-state index contributed by atoms with van der Waals surface area (Å²) in [7, 11) is 0.260. The maximum absolute atomic E-state index is 12.6. The topological polar surface area (TPSA) is 73.0 Å². The molecule has 0 saturated carbocycles. The third-order valence-corrected chi connectivity index (χ3v) is 6.30. The zero-order valence-electron chi connectivity index (χ0n) is 17.0. The molecule has 0 aromatic heterocycles. The van der Waals surface area contributed by atoms with E-state index in [9.17, 15) is 13.2 Å². The van der Waals surface area contributed by atoms with Crippen molar-refractivity contribution in [2.45, 2.75) is 44.2 Å². The molecule has 2 rings (SSSR count). The lowest BCUT2D eigenvalue weighted by Gasteiger charge is -2.44. The van der Waals surface area contributed by atoms with Gasteiger partial charge in [-0.3, -0.25) is 4.90 Å². The lowest BCUT2D eigenvalue weighted by Crippen LogP contribution is -2.60. The zero-order chi connectivity index (χ0) is 20.2. The number of sulfonamides is 1. The van der Waals surface area contributed by atoms with Crippen molar-refractivity contribution in [1.82, 2.24) is 19.4 Å². The molecule has 1 heterocycles. The van der Waals surface area contributed by atoms with Crippen LogP contribution in [0.2, 0.25) is 0 Å². The van der Waals surface area contributed by atoms with Gasteiger partial charge in [-0.05, 0) is 60.0 Å². The quantitative estimate of drug-likeness (QED) is 0.793. The fourth-order valence-corrected chi connectivity index (χ4v) is 4.46. The average molecular weight is 397 g/mol. The Balaban J connectivity index is 1.97. The van der Waals surface area contributed by atoms with E-state index < -0.39 is 16.1 Å². The highest BCUT2D eigenvalue weighted by Gasteiger charge is 2.33. The molecule has 2 amide bonds. The number of aryl methyl sites for hydroxylation is 1. The van der Waals surface area contributed by atoms with Gasteiger partial charge in [0.25, 0.3) is 10.0 Å². The summed E-state index contributed by atoms with van der Waals surface area (Å²) < 4.78 is 27.1. The molecule has 1 aromatic rings. The van der Waals surface area contributed by atoms with Gasteiger partial charge in [0, 0.05) is 31.7 Å². The highest BCUT2D eigenvalue weighted by Crippen LogP contribution is 2.17. The maximum atomic E-state index is 12.6. The predicted octanol–water partition coefficient (Wildman–Crippen LogP) is 1.74. The third kappa shape index (κ3) is 5.92. The number of carbonyl (C=O) groups is 1. The summed E-state index contributed by atoms with van der Waals surface area (Å²) in [5.41, 5.74) is 0.966. The summed E-state index contributed by atoms with van der Waals surface area (Å²) in [6, 6.07) is 6.28. The Hall–Kier alpha value is -1.64. The van der Waals surface area contributed by atoms with Crippen LogP contribution in [-0.2, 0) is 10.0 Å². The third-order valence-electron chi connectivity index (χ3n) is 4.96. The van der Waals surface area contributed by atoms with Crippen LogP contribution < -0.4 is 4.72 Å². The molecular formula is C19H32N4O3S. The number of urea groups is 1. The Morgan fingerprint density at radius 3 is 2.22 bits per heavy atom. The summed E-state index contributed by atoms with van der Waals surface area (Å²) in [5.74, 6) is 0. The first kappa shape index (κ1) is 21.7. The minimum absolute atomic E-state index is 0.102. The number of amides is 2. The molecule has 2 atom stereocenters. The van der Waals surface area contributed by atoms with Gasteiger partial charge >= 0.3 is 6.03 Å². The molecule has 27 heavy (non-hydrogen) atoms. The van der Waals surface area contributed by atoms with Gasteiger partial charge in [0.05, 0.1) is 4.90 Å². The second-order valence-corrected chi connectivity index (χ2v) is 9.40. The lowest BCUT2D eigenvalue weighted by atomic mass is 10.1. The Morgan fingerprint density at radius 1 is 1.15 bits per heavy atom. The molecule has 1 N–H and O–H groups in total. The summed E-state index contributed by atoms with van der Waals surface area (Å²) in [6.45, 7) is 9.08. The van der Waals surface area contributed by atoms with E-state index in [1.165, 1.54) is 12.1 Å². The van der Waals surface area contributed by atoms with Crippen molar-refractivity contribution in [3.63, 3.8) is 0 Å². The number of nitrogens with zero attached hydrogens (tertiary/aromatic N) is 3. The zero-order valence-corrected chi connectivity index (χ0v) is 17.8. The molecule has 0 bridgehead atoms. The largest absolute Gasteiger partial charge is 0.331 e. The van der Waals surface area contributed by atoms with Gasteiger partial charge in [-0.2, -0.15) is 0 Å². The maximum Gasteiger partial charge on any atom is 0.331 e. The summed E-state index contributed by atoms with van der Waals surface area (Å²) >= 11 is 0. The molecule has 1 aliphatic rings. The molecule has 0 spiro atoms. The Labute approximate surface area is 163 Å². The van der Waals surface area contributed by atoms with Crippen molar-refractivity contribution in [3.05, 3.63) is 29.8 Å². The van der Waals surface area contributed by atoms with Crippen molar-refractivity contribution in [1.29, 1.82) is 0 Å². The number of hydrogen-bond donors (Lipinski definition) is 1. The number of benzene rings is 1. The number of piperazine rings is 1. The van der Waals surface area contributed by atoms with Gasteiger partial charge < -0.3 is 9.80 Å². The summed E-state index contributed by atoms with van der Waals surface area (Å²) in [4.78, 5) is 18.8. The minimum Gasteiger partial charge on any atom is -0.321 e. The first-order valence-corrected chi connectivity index (χ1v) is 10.9. The van der Waals surface area contributed by atoms with Gasteiger partial charge in [0.1, 0.15) is 0 Å². The van der Waals surface area contributed by atoms with E-state index in [-0.39, 0.29) is 17.0 Å². The molecule has 152 valence electrons. The minimum atomic E-state index is -3.86. The van der Waals surface area contributed by atoms with Crippen LogP contribution in [0.4, 0.5) is 4.79 Å². The first-order chi connectivity index (χ1) is 12.6. The van der Waals surface area contributed by atoms with E-state index in [1.807, 2.05) is 6.92 Å². The number of carbonyl (C=O) groups excluding carboxylic acids is 1. The van der Waals surface area contributed by atoms with Crippen molar-refractivity contribution >= 4 is 16.1 Å². The fourth-order valence-electron chi connectivity index (χ4n) is 3.49. The predicted molar refractivity (Wildman–Crippen MR) is 107 cm³/mol. The van der Waals surface area contributed by atoms with E-state index in [4.69, 9.17) is 0 Å². The second-order valence-electron chi connectivity index (χ2n) is 7.72. The van der Waals surface area contributed by atoms with Crippen LogP contribution in [0.25, 0.3) is 0 Å². The van der Waals surface area contributed by atoms with Crippen LogP contribution in [0.5, 0.6) is 0 Å². The van der Waals surface area contributed by atoms with Crippen molar-refractivity contribution in [2.24, 2.45) is 0 Å². The normalized spacial score (nSPS) is 21.5. The molecule has 2 unspecified atom stereocenters. The van der Waals surface area contributed by atoms with Crippen LogP contribution in [0, 0.1) is 6.92 Å². The summed E-state index contributed by atoms with van der Waals surface area (Å²) in [5, 5.41) is 0. The smallest absolute Gasteiger partial charge is 0.321 e. The van der Waals surface area contributed by atoms with Crippen LogP contribution in [0.15, 0.2) is 29.2 Å². The fraction of sp³-hybridized carbons (Fsp3) is 0.632. The summed E-state index contributed by atoms with van der Waals surface area (Å²) in [6.07, 6.45) is 1.07. The van der Waals surface area contributed by atoms with E-state index in [0.29, 0.717) is 13.1 Å². The second kappa shape index (κ2) is 9.03. The molecule has 8 heteroatoms. The van der Waals surface area contributed by atoms with Gasteiger partial charge in [-0.25, -0.2) is 17.9 Å². The Morgan fingerprint density at radius 2 is 1.70 bits per heavy atom. The first-order valence-electron chi connectivity index (χ1n) is 9.39. The van der Waals surface area contributed by atoms with Crippen LogP contribution in [0.3, 0.4) is 0 Å². The molecular weight excluding hydrogens is 364 g/mol. The standard InChI is InChI=1S/C19H32N4O3S/c1-15-7-9-18(10-8-15)27(25,26)20-19(24)22-13-16(2)23(17(3)14-22)12-6-11-21(4)5/h7-10,16-17H,6,11-14H2,1-5H3,(H,20,24). The van der Waals surface area contributed by atoms with Gasteiger partial charge in [0.2, 0.25) is 0 Å². The van der Waals surface area contributed by atoms with Crippen LogP contribution >= 0.6 is 0 Å². The average Bonchev–Trinajstić information content (AvgIpc) is 2.56.